The third-order valence-electron chi connectivity index (χ3n) is 5.78. The molecule has 2 aliphatic heterocycles. The first-order valence-electron chi connectivity index (χ1n) is 9.37. The topological polar surface area (TPSA) is 23.6 Å². The maximum atomic E-state index is 12.9. The summed E-state index contributed by atoms with van der Waals surface area (Å²) < 4.78 is 0. The van der Waals surface area contributed by atoms with Crippen LogP contribution in [0.1, 0.15) is 42.0 Å². The number of hydrogen-bond acceptors (Lipinski definition) is 2. The van der Waals surface area contributed by atoms with Crippen molar-refractivity contribution in [3.8, 4) is 0 Å². The van der Waals surface area contributed by atoms with Crippen LogP contribution >= 0.6 is 0 Å². The summed E-state index contributed by atoms with van der Waals surface area (Å²) >= 11 is 0. The lowest BCUT2D eigenvalue weighted by molar-refractivity contribution is -0.134. The standard InChI is InChI=1S/C22H26N2O/c1-17(18-7-3-2-4-8-18)15-22(25)24-14-13-23-12-11-19-9-5-6-10-20(19)21(23)16-24/h2-10,17,21H,11-16H2,1H3. The molecule has 4 rings (SSSR count). The molecule has 0 N–H and O–H groups in total. The molecule has 0 spiro atoms. The van der Waals surface area contributed by atoms with E-state index in [-0.39, 0.29) is 5.92 Å². The van der Waals surface area contributed by atoms with E-state index in [1.54, 1.807) is 0 Å². The second kappa shape index (κ2) is 7.01. The van der Waals surface area contributed by atoms with E-state index in [0.29, 0.717) is 18.4 Å². The zero-order chi connectivity index (χ0) is 17.2. The molecular weight excluding hydrogens is 308 g/mol. The van der Waals surface area contributed by atoms with Crippen molar-refractivity contribution in [1.82, 2.24) is 9.80 Å². The molecular formula is C22H26N2O. The molecule has 2 heterocycles. The molecule has 2 aliphatic rings. The van der Waals surface area contributed by atoms with Crippen molar-refractivity contribution >= 4 is 5.91 Å². The van der Waals surface area contributed by atoms with Gasteiger partial charge in [0.2, 0.25) is 5.91 Å². The van der Waals surface area contributed by atoms with Crippen molar-refractivity contribution in [3.63, 3.8) is 0 Å². The van der Waals surface area contributed by atoms with E-state index in [1.807, 2.05) is 18.2 Å². The number of carbonyl (C=O) groups is 1. The van der Waals surface area contributed by atoms with Gasteiger partial charge >= 0.3 is 0 Å². The van der Waals surface area contributed by atoms with Gasteiger partial charge in [-0.05, 0) is 29.0 Å². The summed E-state index contributed by atoms with van der Waals surface area (Å²) in [6, 6.07) is 19.5. The highest BCUT2D eigenvalue weighted by atomic mass is 16.2. The molecule has 0 radical (unpaired) electrons. The molecule has 25 heavy (non-hydrogen) atoms. The number of benzene rings is 2. The molecule has 1 amide bonds. The first kappa shape index (κ1) is 16.3. The largest absolute Gasteiger partial charge is 0.339 e. The number of carbonyl (C=O) groups excluding carboxylic acids is 1. The Morgan fingerprint density at radius 3 is 2.64 bits per heavy atom. The molecule has 1 fully saturated rings. The molecule has 0 bridgehead atoms. The van der Waals surface area contributed by atoms with E-state index in [1.165, 1.54) is 16.7 Å². The van der Waals surface area contributed by atoms with E-state index in [2.05, 4.69) is 53.1 Å². The van der Waals surface area contributed by atoms with Crippen LogP contribution in [0.4, 0.5) is 0 Å². The number of piperazine rings is 1. The van der Waals surface area contributed by atoms with Crippen molar-refractivity contribution in [1.29, 1.82) is 0 Å². The zero-order valence-corrected chi connectivity index (χ0v) is 14.9. The smallest absolute Gasteiger partial charge is 0.223 e. The number of fused-ring (bicyclic) bond motifs is 3. The van der Waals surface area contributed by atoms with Crippen molar-refractivity contribution in [2.24, 2.45) is 0 Å². The molecule has 0 aromatic heterocycles. The van der Waals surface area contributed by atoms with Crippen LogP contribution in [0, 0.1) is 0 Å². The Morgan fingerprint density at radius 2 is 1.80 bits per heavy atom. The minimum Gasteiger partial charge on any atom is -0.339 e. The summed E-state index contributed by atoms with van der Waals surface area (Å²) in [7, 11) is 0. The average Bonchev–Trinajstić information content (AvgIpc) is 2.68. The van der Waals surface area contributed by atoms with Gasteiger partial charge in [-0.25, -0.2) is 0 Å². The fraction of sp³-hybridized carbons (Fsp3) is 0.409. The summed E-state index contributed by atoms with van der Waals surface area (Å²) in [6.07, 6.45) is 1.73. The number of nitrogens with zero attached hydrogens (tertiary/aromatic N) is 2. The highest BCUT2D eigenvalue weighted by Gasteiger charge is 2.34. The molecule has 2 aromatic rings. The fourth-order valence-electron chi connectivity index (χ4n) is 4.25. The van der Waals surface area contributed by atoms with Crippen molar-refractivity contribution in [2.75, 3.05) is 26.2 Å². The summed E-state index contributed by atoms with van der Waals surface area (Å²) in [4.78, 5) is 17.5. The van der Waals surface area contributed by atoms with E-state index < -0.39 is 0 Å². The Balaban J connectivity index is 1.45. The van der Waals surface area contributed by atoms with E-state index >= 15 is 0 Å². The Labute approximate surface area is 150 Å². The Bertz CT molecular complexity index is 743. The van der Waals surface area contributed by atoms with E-state index in [4.69, 9.17) is 0 Å². The second-order valence-corrected chi connectivity index (χ2v) is 7.36. The fourth-order valence-corrected chi connectivity index (χ4v) is 4.25. The summed E-state index contributed by atoms with van der Waals surface area (Å²) in [5.41, 5.74) is 4.12. The van der Waals surface area contributed by atoms with Crippen molar-refractivity contribution < 1.29 is 4.79 Å². The molecule has 1 saturated heterocycles. The maximum absolute atomic E-state index is 12.9. The minimum absolute atomic E-state index is 0.269. The van der Waals surface area contributed by atoms with Crippen LogP contribution in [-0.4, -0.2) is 41.9 Å². The normalized spacial score (nSPS) is 21.3. The lowest BCUT2D eigenvalue weighted by atomic mass is 9.90. The van der Waals surface area contributed by atoms with Gasteiger partial charge in [0.05, 0.1) is 6.04 Å². The molecule has 3 heteroatoms. The van der Waals surface area contributed by atoms with Gasteiger partial charge in [-0.3, -0.25) is 9.69 Å². The first-order chi connectivity index (χ1) is 12.2. The lowest BCUT2D eigenvalue weighted by Crippen LogP contribution is -2.52. The first-order valence-corrected chi connectivity index (χ1v) is 9.37. The van der Waals surface area contributed by atoms with E-state index in [9.17, 15) is 4.79 Å². The average molecular weight is 334 g/mol. The lowest BCUT2D eigenvalue weighted by Gasteiger charge is -2.45. The zero-order valence-electron chi connectivity index (χ0n) is 14.9. The summed E-state index contributed by atoms with van der Waals surface area (Å²) in [5, 5.41) is 0. The number of rotatable bonds is 3. The molecule has 130 valence electrons. The summed E-state index contributed by atoms with van der Waals surface area (Å²) in [6.45, 7) is 5.95. The van der Waals surface area contributed by atoms with Gasteiger partial charge in [-0.2, -0.15) is 0 Å². The van der Waals surface area contributed by atoms with Gasteiger partial charge in [0.1, 0.15) is 0 Å². The van der Waals surface area contributed by atoms with Gasteiger partial charge in [0.15, 0.2) is 0 Å². The van der Waals surface area contributed by atoms with Gasteiger partial charge < -0.3 is 4.90 Å². The Kier molecular flexibility index (Phi) is 4.58. The predicted molar refractivity (Wildman–Crippen MR) is 101 cm³/mol. The van der Waals surface area contributed by atoms with Crippen LogP contribution < -0.4 is 0 Å². The monoisotopic (exact) mass is 334 g/mol. The number of amides is 1. The van der Waals surface area contributed by atoms with Crippen LogP contribution in [0.15, 0.2) is 54.6 Å². The van der Waals surface area contributed by atoms with Crippen molar-refractivity contribution in [3.05, 3.63) is 71.3 Å². The molecule has 2 aromatic carbocycles. The SMILES string of the molecule is CC(CC(=O)N1CCN2CCc3ccccc3C2C1)c1ccccc1. The molecule has 0 aliphatic carbocycles. The van der Waals surface area contributed by atoms with Gasteiger partial charge in [-0.15, -0.1) is 0 Å². The highest BCUT2D eigenvalue weighted by Crippen LogP contribution is 2.33. The molecule has 0 saturated carbocycles. The maximum Gasteiger partial charge on any atom is 0.223 e. The van der Waals surface area contributed by atoms with Crippen LogP contribution in [0.25, 0.3) is 0 Å². The van der Waals surface area contributed by atoms with Crippen LogP contribution in [0.3, 0.4) is 0 Å². The van der Waals surface area contributed by atoms with Crippen molar-refractivity contribution in [2.45, 2.75) is 31.7 Å². The third-order valence-corrected chi connectivity index (χ3v) is 5.78. The van der Waals surface area contributed by atoms with Gasteiger partial charge in [-0.1, -0.05) is 61.5 Å². The van der Waals surface area contributed by atoms with Gasteiger partial charge in [0, 0.05) is 32.6 Å². The predicted octanol–water partition coefficient (Wildman–Crippen LogP) is 3.62. The van der Waals surface area contributed by atoms with Crippen LogP contribution in [-0.2, 0) is 11.2 Å². The Morgan fingerprint density at radius 1 is 1.04 bits per heavy atom. The molecule has 2 atom stereocenters. The highest BCUT2D eigenvalue weighted by molar-refractivity contribution is 5.77. The molecule has 2 unspecified atom stereocenters. The second-order valence-electron chi connectivity index (χ2n) is 7.36. The Hall–Kier alpha value is -2.13. The third kappa shape index (κ3) is 3.34. The summed E-state index contributed by atoms with van der Waals surface area (Å²) in [5.74, 6) is 0.560. The number of hydrogen-bond donors (Lipinski definition) is 0. The van der Waals surface area contributed by atoms with Gasteiger partial charge in [0.25, 0.3) is 0 Å². The minimum atomic E-state index is 0.269. The van der Waals surface area contributed by atoms with Crippen LogP contribution in [0.2, 0.25) is 0 Å². The van der Waals surface area contributed by atoms with Crippen LogP contribution in [0.5, 0.6) is 0 Å². The quantitative estimate of drug-likeness (QED) is 0.856. The van der Waals surface area contributed by atoms with E-state index in [0.717, 1.165) is 32.6 Å². The molecule has 3 nitrogen and oxygen atoms in total.